The molecule has 7 nitrogen and oxygen atoms in total. The number of rotatable bonds is 10. The highest BCUT2D eigenvalue weighted by atomic mass is 32.1. The molecule has 1 amide bonds. The van der Waals surface area contributed by atoms with Gasteiger partial charge >= 0.3 is 11.9 Å². The van der Waals surface area contributed by atoms with E-state index in [4.69, 9.17) is 4.74 Å². The third-order valence-electron chi connectivity index (χ3n) is 7.16. The maximum absolute atomic E-state index is 12.7. The molecular formula is C27H44N2O5S. The zero-order valence-electron chi connectivity index (χ0n) is 22.1. The van der Waals surface area contributed by atoms with Crippen molar-refractivity contribution in [1.82, 2.24) is 10.2 Å². The number of aliphatic carboxylic acids is 1. The number of likely N-dealkylation sites (tertiary alicyclic amines) is 1. The molecule has 0 aromatic heterocycles. The van der Waals surface area contributed by atoms with Crippen molar-refractivity contribution in [3.05, 3.63) is 29.8 Å². The topological polar surface area (TPSA) is 95.9 Å². The number of amides is 1. The molecule has 0 bridgehead atoms. The fraction of sp³-hybridized carbons (Fsp3) is 0.667. The van der Waals surface area contributed by atoms with Gasteiger partial charge in [0.15, 0.2) is 0 Å². The minimum absolute atomic E-state index is 0. The predicted octanol–water partition coefficient (Wildman–Crippen LogP) is 4.50. The molecule has 1 aromatic carbocycles. The van der Waals surface area contributed by atoms with E-state index in [1.54, 1.807) is 33.8 Å². The number of ether oxygens (including phenoxy) is 1. The number of nitrogens with zero attached hydrogens (tertiary/aromatic N) is 1. The molecule has 0 radical (unpaired) electrons. The van der Waals surface area contributed by atoms with Crippen LogP contribution in [0.15, 0.2) is 24.3 Å². The number of hydrogen-bond donors (Lipinski definition) is 2. The summed E-state index contributed by atoms with van der Waals surface area (Å²) >= 11 is 0. The molecule has 8 heteroatoms. The Hall–Kier alpha value is -2.06. The van der Waals surface area contributed by atoms with E-state index in [0.717, 1.165) is 25.9 Å². The second-order valence-electron chi connectivity index (χ2n) is 10.7. The lowest BCUT2D eigenvalue weighted by Gasteiger charge is -2.35. The first-order valence-corrected chi connectivity index (χ1v) is 12.4. The summed E-state index contributed by atoms with van der Waals surface area (Å²) < 4.78 is 5.65. The molecule has 1 heterocycles. The van der Waals surface area contributed by atoms with Gasteiger partial charge in [-0.2, -0.15) is 13.5 Å². The largest absolute Gasteiger partial charge is 0.480 e. The summed E-state index contributed by atoms with van der Waals surface area (Å²) in [4.78, 5) is 39.1. The Morgan fingerprint density at radius 3 is 2.51 bits per heavy atom. The maximum atomic E-state index is 12.7. The number of carboxylic acids is 1. The highest BCUT2D eigenvalue weighted by Crippen LogP contribution is 2.37. The van der Waals surface area contributed by atoms with Gasteiger partial charge in [-0.25, -0.2) is 4.79 Å². The van der Waals surface area contributed by atoms with Gasteiger partial charge in [0.05, 0.1) is 0 Å². The van der Waals surface area contributed by atoms with E-state index in [-0.39, 0.29) is 43.6 Å². The van der Waals surface area contributed by atoms with E-state index >= 15 is 0 Å². The average Bonchev–Trinajstić information content (AvgIpc) is 2.97. The van der Waals surface area contributed by atoms with Crippen molar-refractivity contribution >= 4 is 31.3 Å². The lowest BCUT2D eigenvalue weighted by atomic mass is 9.74. The zero-order valence-corrected chi connectivity index (χ0v) is 23.1. The molecule has 198 valence electrons. The lowest BCUT2D eigenvalue weighted by molar-refractivity contribution is -0.145. The minimum atomic E-state index is -1.07. The van der Waals surface area contributed by atoms with Crippen LogP contribution in [0.3, 0.4) is 0 Å². The summed E-state index contributed by atoms with van der Waals surface area (Å²) in [6.07, 6.45) is 4.82. The van der Waals surface area contributed by atoms with Crippen molar-refractivity contribution in [1.29, 1.82) is 0 Å². The standard InChI is InChI=1S/C27H42N2O5.H2S/c1-7-27(14-8-9-16-29(6)18-27)20-11-10-12-21(17-20)34-22(30)13-15-26(4,5)25(33)28-23(19(2)3)24(31)32;/h10-12,17,19,23H,7-9,13-16,18H2,1-6H3,(H,28,33)(H,31,32);1H2/t23-,27?;/m0./s1. The number of esters is 1. The van der Waals surface area contributed by atoms with Gasteiger partial charge in [0.1, 0.15) is 11.8 Å². The molecule has 1 unspecified atom stereocenters. The Balaban J connectivity index is 0.00000612. The van der Waals surface area contributed by atoms with Crippen LogP contribution in [0.2, 0.25) is 0 Å². The normalized spacial score (nSPS) is 19.9. The SMILES string of the molecule is CCC1(c2cccc(OC(=O)CCC(C)(C)C(=O)N[C@H](C(=O)O)C(C)C)c2)CCCCN(C)C1.S. The van der Waals surface area contributed by atoms with Crippen molar-refractivity contribution in [3.63, 3.8) is 0 Å². The summed E-state index contributed by atoms with van der Waals surface area (Å²) in [6, 6.07) is 6.88. The molecule has 0 aliphatic carbocycles. The molecule has 1 fully saturated rings. The molecule has 0 spiro atoms. The minimum Gasteiger partial charge on any atom is -0.480 e. The second kappa shape index (κ2) is 13.3. The van der Waals surface area contributed by atoms with Gasteiger partial charge < -0.3 is 20.1 Å². The van der Waals surface area contributed by atoms with Crippen LogP contribution in [0, 0.1) is 11.3 Å². The highest BCUT2D eigenvalue weighted by molar-refractivity contribution is 7.59. The number of nitrogens with one attached hydrogen (secondary N) is 1. The van der Waals surface area contributed by atoms with Crippen molar-refractivity contribution in [3.8, 4) is 5.75 Å². The molecule has 35 heavy (non-hydrogen) atoms. The van der Waals surface area contributed by atoms with E-state index in [1.165, 1.54) is 18.4 Å². The van der Waals surface area contributed by atoms with Gasteiger partial charge in [0.2, 0.25) is 5.91 Å². The fourth-order valence-corrected chi connectivity index (χ4v) is 4.70. The third-order valence-corrected chi connectivity index (χ3v) is 7.16. The molecule has 1 aliphatic heterocycles. The van der Waals surface area contributed by atoms with Crippen LogP contribution in [0.5, 0.6) is 5.75 Å². The van der Waals surface area contributed by atoms with Crippen LogP contribution >= 0.6 is 13.5 Å². The molecule has 2 atom stereocenters. The van der Waals surface area contributed by atoms with Crippen LogP contribution in [0.4, 0.5) is 0 Å². The smallest absolute Gasteiger partial charge is 0.326 e. The summed E-state index contributed by atoms with van der Waals surface area (Å²) in [5, 5.41) is 11.9. The van der Waals surface area contributed by atoms with Gasteiger partial charge in [-0.3, -0.25) is 9.59 Å². The van der Waals surface area contributed by atoms with E-state index in [1.807, 2.05) is 12.1 Å². The van der Waals surface area contributed by atoms with Crippen LogP contribution in [0.1, 0.15) is 78.7 Å². The van der Waals surface area contributed by atoms with Gasteiger partial charge in [-0.05, 0) is 62.9 Å². The Morgan fingerprint density at radius 2 is 1.91 bits per heavy atom. The first-order chi connectivity index (χ1) is 15.9. The number of hydrogen-bond acceptors (Lipinski definition) is 5. The zero-order chi connectivity index (χ0) is 25.5. The van der Waals surface area contributed by atoms with Crippen molar-refractivity contribution in [2.75, 3.05) is 20.1 Å². The van der Waals surface area contributed by atoms with Crippen LogP contribution in [-0.2, 0) is 19.8 Å². The Kier molecular flexibility index (Phi) is 11.8. The molecule has 1 saturated heterocycles. The first-order valence-electron chi connectivity index (χ1n) is 12.4. The van der Waals surface area contributed by atoms with Crippen LogP contribution in [0.25, 0.3) is 0 Å². The quantitative estimate of drug-likeness (QED) is 0.357. The number of likely N-dealkylation sites (N-methyl/N-ethyl adjacent to an activating group) is 1. The van der Waals surface area contributed by atoms with Gasteiger partial charge in [0.25, 0.3) is 0 Å². The summed E-state index contributed by atoms with van der Waals surface area (Å²) in [5.41, 5.74) is 0.341. The van der Waals surface area contributed by atoms with Gasteiger partial charge in [-0.1, -0.05) is 53.2 Å². The van der Waals surface area contributed by atoms with E-state index < -0.39 is 23.4 Å². The molecule has 2 N–H and O–H groups in total. The monoisotopic (exact) mass is 508 g/mol. The van der Waals surface area contributed by atoms with Crippen LogP contribution < -0.4 is 10.1 Å². The predicted molar refractivity (Wildman–Crippen MR) is 143 cm³/mol. The second-order valence-corrected chi connectivity index (χ2v) is 10.7. The Bertz CT molecular complexity index is 873. The van der Waals surface area contributed by atoms with E-state index in [2.05, 4.69) is 30.3 Å². The van der Waals surface area contributed by atoms with Crippen molar-refractivity contribution in [2.45, 2.75) is 84.6 Å². The number of carboxylic acid groups (broad SMARTS) is 1. The van der Waals surface area contributed by atoms with Crippen molar-refractivity contribution < 1.29 is 24.2 Å². The number of carbonyl (C=O) groups is 3. The van der Waals surface area contributed by atoms with E-state index in [0.29, 0.717) is 5.75 Å². The molecule has 0 saturated carbocycles. The first kappa shape index (κ1) is 31.0. The highest BCUT2D eigenvalue weighted by Gasteiger charge is 2.34. The molecule has 2 rings (SSSR count). The Morgan fingerprint density at radius 1 is 1.23 bits per heavy atom. The summed E-state index contributed by atoms with van der Waals surface area (Å²) in [5.74, 6) is -1.57. The fourth-order valence-electron chi connectivity index (χ4n) is 4.70. The molecular weight excluding hydrogens is 464 g/mol. The van der Waals surface area contributed by atoms with Gasteiger partial charge in [0, 0.05) is 23.8 Å². The number of carbonyl (C=O) groups excluding carboxylic acids is 2. The maximum Gasteiger partial charge on any atom is 0.326 e. The van der Waals surface area contributed by atoms with Crippen molar-refractivity contribution in [2.24, 2.45) is 11.3 Å². The lowest BCUT2D eigenvalue weighted by Crippen LogP contribution is -2.49. The van der Waals surface area contributed by atoms with Crippen LogP contribution in [-0.4, -0.2) is 54.0 Å². The molecule has 1 aliphatic rings. The Labute approximate surface area is 217 Å². The van der Waals surface area contributed by atoms with E-state index in [9.17, 15) is 19.5 Å². The van der Waals surface area contributed by atoms with Gasteiger partial charge in [-0.15, -0.1) is 0 Å². The summed E-state index contributed by atoms with van der Waals surface area (Å²) in [7, 11) is 2.16. The summed E-state index contributed by atoms with van der Waals surface area (Å²) in [6.45, 7) is 11.2. The number of benzene rings is 1. The third kappa shape index (κ3) is 8.53. The average molecular weight is 509 g/mol. The molecule has 1 aromatic rings.